The minimum atomic E-state index is -0.325. The molecule has 0 bridgehead atoms. The molecule has 4 nitrogen and oxygen atoms in total. The van der Waals surface area contributed by atoms with Crippen LogP contribution in [0.5, 0.6) is 5.75 Å². The number of hydrogen-bond acceptors (Lipinski definition) is 3. The minimum absolute atomic E-state index is 0.274. The molecule has 6 heteroatoms. The number of hydrogen-bond donors (Lipinski definition) is 1. The Morgan fingerprint density at radius 2 is 2.36 bits per heavy atom. The van der Waals surface area contributed by atoms with Crippen LogP contribution in [0.15, 0.2) is 18.2 Å². The van der Waals surface area contributed by atoms with Crippen molar-refractivity contribution in [2.75, 3.05) is 20.1 Å². The summed E-state index contributed by atoms with van der Waals surface area (Å²) in [7, 11) is 7.35. The molecule has 0 saturated carbocycles. The molecular formula is C16H22BBrN2O2. The lowest BCUT2D eigenvalue weighted by atomic mass is 10.0. The molecule has 0 heterocycles. The topological polar surface area (TPSA) is 41.6 Å². The molecular weight excluding hydrogens is 343 g/mol. The molecule has 2 radical (unpaired) electrons. The van der Waals surface area contributed by atoms with Crippen LogP contribution >= 0.6 is 15.9 Å². The summed E-state index contributed by atoms with van der Waals surface area (Å²) in [6.45, 7) is 3.36. The van der Waals surface area contributed by atoms with E-state index in [1.165, 1.54) is 11.1 Å². The summed E-state index contributed by atoms with van der Waals surface area (Å²) in [6.07, 6.45) is 2.39. The van der Waals surface area contributed by atoms with Crippen LogP contribution in [0.2, 0.25) is 6.32 Å². The lowest BCUT2D eigenvalue weighted by Crippen LogP contribution is -2.29. The van der Waals surface area contributed by atoms with Crippen LogP contribution in [-0.2, 0) is 6.42 Å². The summed E-state index contributed by atoms with van der Waals surface area (Å²) in [5, 5.41) is 3.53. The molecule has 0 aromatic heterocycles. The normalized spacial score (nSPS) is 17.9. The summed E-state index contributed by atoms with van der Waals surface area (Å²) in [4.78, 5) is 13.7. The number of fused-ring (bicyclic) bond motifs is 1. The summed E-state index contributed by atoms with van der Waals surface area (Å²) < 4.78 is 5.42. The molecule has 22 heavy (non-hydrogen) atoms. The van der Waals surface area contributed by atoms with Crippen LogP contribution < -0.4 is 10.1 Å². The Labute approximate surface area is 142 Å². The maximum absolute atomic E-state index is 11.8. The third kappa shape index (κ3) is 4.26. The molecule has 0 spiro atoms. The van der Waals surface area contributed by atoms with E-state index in [0.29, 0.717) is 24.7 Å². The third-order valence-electron chi connectivity index (χ3n) is 4.03. The van der Waals surface area contributed by atoms with E-state index in [-0.39, 0.29) is 10.9 Å². The molecule has 1 amide bonds. The van der Waals surface area contributed by atoms with Gasteiger partial charge in [0.15, 0.2) is 0 Å². The van der Waals surface area contributed by atoms with Crippen molar-refractivity contribution in [3.05, 3.63) is 29.3 Å². The van der Waals surface area contributed by atoms with Gasteiger partial charge >= 0.3 is 6.09 Å². The summed E-state index contributed by atoms with van der Waals surface area (Å²) in [5.74, 6) is 0.604. The number of aryl methyl sites for hydroxylation is 1. The fraction of sp³-hybridized carbons (Fsp3) is 0.562. The number of amides is 1. The Morgan fingerprint density at radius 3 is 3.05 bits per heavy atom. The number of carbonyl (C=O) groups is 1. The predicted octanol–water partition coefficient (Wildman–Crippen LogP) is 3.06. The van der Waals surface area contributed by atoms with Crippen molar-refractivity contribution in [3.8, 4) is 5.75 Å². The van der Waals surface area contributed by atoms with Gasteiger partial charge in [-0.3, -0.25) is 0 Å². The molecule has 1 aliphatic carbocycles. The third-order valence-corrected chi connectivity index (χ3v) is 4.73. The van der Waals surface area contributed by atoms with Crippen molar-refractivity contribution < 1.29 is 9.53 Å². The predicted molar refractivity (Wildman–Crippen MR) is 93.1 cm³/mol. The van der Waals surface area contributed by atoms with Gasteiger partial charge in [-0.1, -0.05) is 28.3 Å². The Balaban J connectivity index is 2.04. The second-order valence-electron chi connectivity index (χ2n) is 5.58. The van der Waals surface area contributed by atoms with Gasteiger partial charge in [0.1, 0.15) is 5.75 Å². The Morgan fingerprint density at radius 1 is 1.59 bits per heavy atom. The fourth-order valence-corrected chi connectivity index (χ4v) is 2.70. The molecule has 0 saturated heterocycles. The number of carbonyl (C=O) groups excluding carboxylic acids is 1. The summed E-state index contributed by atoms with van der Waals surface area (Å²) in [6, 6.07) is 6.20. The zero-order valence-electron chi connectivity index (χ0n) is 13.1. The van der Waals surface area contributed by atoms with E-state index in [0.717, 1.165) is 19.4 Å². The number of rotatable bonds is 6. The van der Waals surface area contributed by atoms with E-state index in [1.54, 1.807) is 11.9 Å². The van der Waals surface area contributed by atoms with E-state index < -0.39 is 0 Å². The van der Waals surface area contributed by atoms with E-state index in [1.807, 2.05) is 19.1 Å². The van der Waals surface area contributed by atoms with Crippen molar-refractivity contribution in [2.45, 2.75) is 37.0 Å². The Hall–Kier alpha value is -1.01. The molecule has 1 aromatic rings. The van der Waals surface area contributed by atoms with Gasteiger partial charge < -0.3 is 15.0 Å². The Kier molecular flexibility index (Phi) is 6.32. The number of ether oxygens (including phenoxy) is 1. The van der Waals surface area contributed by atoms with Gasteiger partial charge in [0.25, 0.3) is 0 Å². The van der Waals surface area contributed by atoms with Gasteiger partial charge in [0.05, 0.1) is 7.85 Å². The first-order valence-electron chi connectivity index (χ1n) is 7.68. The summed E-state index contributed by atoms with van der Waals surface area (Å²) in [5.41, 5.74) is 2.54. The van der Waals surface area contributed by atoms with Crippen molar-refractivity contribution in [1.82, 2.24) is 10.2 Å². The van der Waals surface area contributed by atoms with Crippen molar-refractivity contribution in [1.29, 1.82) is 0 Å². The lowest BCUT2D eigenvalue weighted by Gasteiger charge is -2.18. The van der Waals surface area contributed by atoms with Crippen molar-refractivity contribution in [3.63, 3.8) is 0 Å². The van der Waals surface area contributed by atoms with Crippen LogP contribution in [0.1, 0.15) is 30.5 Å². The van der Waals surface area contributed by atoms with E-state index in [4.69, 9.17) is 12.6 Å². The maximum Gasteiger partial charge on any atom is 0.414 e. The molecule has 2 rings (SSSR count). The molecule has 0 fully saturated rings. The first kappa shape index (κ1) is 17.4. The van der Waals surface area contributed by atoms with E-state index in [2.05, 4.69) is 27.3 Å². The highest BCUT2D eigenvalue weighted by atomic mass is 79.9. The first-order valence-corrected chi connectivity index (χ1v) is 8.60. The van der Waals surface area contributed by atoms with Crippen LogP contribution in [0.25, 0.3) is 0 Å². The van der Waals surface area contributed by atoms with Gasteiger partial charge in [0, 0.05) is 31.0 Å². The first-order chi connectivity index (χ1) is 10.5. The zero-order valence-corrected chi connectivity index (χ0v) is 14.7. The standard InChI is InChI=1S/C16H22BBrN2O2/c1-3-20(2)16(21)22-13-6-4-11-5-7-15(14(11)8-13)19-10-12(18)9-17/h4,6,8,12,15,19H,3,5,7,9-10H2,1-2H3/t12?,15-/m1/s1. The Bertz CT molecular complexity index is 527. The molecule has 118 valence electrons. The second kappa shape index (κ2) is 8.02. The molecule has 1 aromatic carbocycles. The van der Waals surface area contributed by atoms with Crippen molar-refractivity contribution >= 4 is 29.9 Å². The molecule has 1 unspecified atom stereocenters. The molecule has 1 aliphatic rings. The number of nitrogens with zero attached hydrogens (tertiary/aromatic N) is 1. The fourth-order valence-electron chi connectivity index (χ4n) is 2.52. The number of alkyl halides is 1. The monoisotopic (exact) mass is 364 g/mol. The summed E-state index contributed by atoms with van der Waals surface area (Å²) >= 11 is 3.53. The zero-order chi connectivity index (χ0) is 16.1. The van der Waals surface area contributed by atoms with Gasteiger partial charge in [0.2, 0.25) is 0 Å². The second-order valence-corrected chi connectivity index (χ2v) is 6.87. The van der Waals surface area contributed by atoms with Crippen molar-refractivity contribution in [2.24, 2.45) is 0 Å². The molecule has 2 atom stereocenters. The highest BCUT2D eigenvalue weighted by Gasteiger charge is 2.23. The highest BCUT2D eigenvalue weighted by molar-refractivity contribution is 9.09. The van der Waals surface area contributed by atoms with Crippen LogP contribution in [-0.4, -0.2) is 43.8 Å². The van der Waals surface area contributed by atoms with E-state index >= 15 is 0 Å². The average molecular weight is 365 g/mol. The smallest absolute Gasteiger partial charge is 0.410 e. The lowest BCUT2D eigenvalue weighted by molar-refractivity contribution is 0.165. The average Bonchev–Trinajstić information content (AvgIpc) is 2.94. The quantitative estimate of drug-likeness (QED) is 0.623. The molecule has 1 N–H and O–H groups in total. The maximum atomic E-state index is 11.8. The van der Waals surface area contributed by atoms with Crippen LogP contribution in [0.3, 0.4) is 0 Å². The number of benzene rings is 1. The van der Waals surface area contributed by atoms with Gasteiger partial charge in [-0.05, 0) is 43.0 Å². The van der Waals surface area contributed by atoms with E-state index in [9.17, 15) is 4.79 Å². The SMILES string of the molecule is [B]CC(Br)CN[C@@H]1CCc2ccc(OC(=O)N(C)CC)cc21. The van der Waals surface area contributed by atoms with Crippen LogP contribution in [0.4, 0.5) is 4.79 Å². The number of halogens is 1. The van der Waals surface area contributed by atoms with Gasteiger partial charge in [-0.2, -0.15) is 0 Å². The highest BCUT2D eigenvalue weighted by Crippen LogP contribution is 2.34. The van der Waals surface area contributed by atoms with Crippen LogP contribution in [0, 0.1) is 0 Å². The number of nitrogens with one attached hydrogen (secondary N) is 1. The molecule has 0 aliphatic heterocycles. The largest absolute Gasteiger partial charge is 0.414 e. The van der Waals surface area contributed by atoms with Gasteiger partial charge in [-0.15, -0.1) is 0 Å². The minimum Gasteiger partial charge on any atom is -0.410 e. The van der Waals surface area contributed by atoms with Gasteiger partial charge in [-0.25, -0.2) is 4.79 Å².